The second-order valence-electron chi connectivity index (χ2n) is 4.06. The van der Waals surface area contributed by atoms with Crippen LogP contribution < -0.4 is 0 Å². The van der Waals surface area contributed by atoms with Crippen molar-refractivity contribution in [3.63, 3.8) is 0 Å². The molecule has 4 heteroatoms. The Morgan fingerprint density at radius 1 is 1.60 bits per heavy atom. The van der Waals surface area contributed by atoms with E-state index in [4.69, 9.17) is 9.84 Å². The van der Waals surface area contributed by atoms with E-state index in [9.17, 15) is 4.79 Å². The van der Waals surface area contributed by atoms with Crippen molar-refractivity contribution in [2.75, 3.05) is 19.8 Å². The van der Waals surface area contributed by atoms with E-state index in [0.29, 0.717) is 13.2 Å². The summed E-state index contributed by atoms with van der Waals surface area (Å²) >= 11 is 0. The number of rotatable bonds is 5. The van der Waals surface area contributed by atoms with Crippen LogP contribution >= 0.6 is 0 Å². The molecule has 0 aromatic carbocycles. The number of aliphatic carboxylic acids is 1. The average molecular weight is 215 g/mol. The Labute approximate surface area is 91.2 Å². The molecular weight excluding hydrogens is 194 g/mol. The van der Waals surface area contributed by atoms with Crippen molar-refractivity contribution in [1.82, 2.24) is 4.90 Å². The van der Waals surface area contributed by atoms with Gasteiger partial charge in [-0.05, 0) is 33.2 Å². The number of ether oxygens (including phenoxy) is 1. The van der Waals surface area contributed by atoms with Crippen LogP contribution in [0.3, 0.4) is 0 Å². The molecule has 1 saturated heterocycles. The number of likely N-dealkylation sites (tertiary alicyclic amines) is 1. The van der Waals surface area contributed by atoms with Gasteiger partial charge in [0, 0.05) is 12.6 Å². The molecule has 0 aromatic rings. The minimum absolute atomic E-state index is 0.282. The maximum Gasteiger partial charge on any atom is 0.320 e. The van der Waals surface area contributed by atoms with Crippen molar-refractivity contribution >= 4 is 5.97 Å². The fourth-order valence-electron chi connectivity index (χ4n) is 2.11. The Kier molecular flexibility index (Phi) is 5.05. The first kappa shape index (κ1) is 12.5. The highest BCUT2D eigenvalue weighted by Crippen LogP contribution is 2.19. The van der Waals surface area contributed by atoms with E-state index in [2.05, 4.69) is 4.90 Å². The summed E-state index contributed by atoms with van der Waals surface area (Å²) in [6, 6.07) is -0.111. The summed E-state index contributed by atoms with van der Waals surface area (Å²) in [5.41, 5.74) is 0. The Bertz CT molecular complexity index is 208. The van der Waals surface area contributed by atoms with Gasteiger partial charge in [-0.15, -0.1) is 0 Å². The van der Waals surface area contributed by atoms with Crippen LogP contribution in [0.1, 0.15) is 33.1 Å². The van der Waals surface area contributed by atoms with Gasteiger partial charge in [-0.3, -0.25) is 9.69 Å². The SMILES string of the molecule is CCOCC1CCCCN1C(C)C(=O)O. The molecule has 1 aliphatic heterocycles. The van der Waals surface area contributed by atoms with Crippen LogP contribution in [0.25, 0.3) is 0 Å². The summed E-state index contributed by atoms with van der Waals surface area (Å²) < 4.78 is 5.40. The molecule has 0 amide bonds. The number of carbonyl (C=O) groups is 1. The number of carboxylic acids is 1. The van der Waals surface area contributed by atoms with E-state index in [-0.39, 0.29) is 6.04 Å². The number of hydrogen-bond donors (Lipinski definition) is 1. The van der Waals surface area contributed by atoms with Gasteiger partial charge in [-0.25, -0.2) is 0 Å². The molecule has 1 rings (SSSR count). The Balaban J connectivity index is 2.52. The predicted octanol–water partition coefficient (Wildman–Crippen LogP) is 1.35. The molecule has 0 radical (unpaired) electrons. The lowest BCUT2D eigenvalue weighted by Gasteiger charge is -2.37. The summed E-state index contributed by atoms with van der Waals surface area (Å²) in [7, 11) is 0. The van der Waals surface area contributed by atoms with E-state index >= 15 is 0 Å². The van der Waals surface area contributed by atoms with E-state index < -0.39 is 12.0 Å². The van der Waals surface area contributed by atoms with E-state index in [1.807, 2.05) is 6.92 Å². The van der Waals surface area contributed by atoms with Gasteiger partial charge >= 0.3 is 5.97 Å². The van der Waals surface area contributed by atoms with Gasteiger partial charge in [0.1, 0.15) is 6.04 Å². The second kappa shape index (κ2) is 6.08. The van der Waals surface area contributed by atoms with Crippen LogP contribution in [-0.4, -0.2) is 47.8 Å². The van der Waals surface area contributed by atoms with Gasteiger partial charge in [-0.2, -0.15) is 0 Å². The van der Waals surface area contributed by atoms with Crippen LogP contribution in [0.4, 0.5) is 0 Å². The first-order valence-corrected chi connectivity index (χ1v) is 5.73. The van der Waals surface area contributed by atoms with Crippen molar-refractivity contribution < 1.29 is 14.6 Å². The zero-order chi connectivity index (χ0) is 11.3. The highest BCUT2D eigenvalue weighted by molar-refractivity contribution is 5.72. The largest absolute Gasteiger partial charge is 0.480 e. The van der Waals surface area contributed by atoms with Crippen LogP contribution in [0, 0.1) is 0 Å². The van der Waals surface area contributed by atoms with Crippen molar-refractivity contribution in [3.05, 3.63) is 0 Å². The van der Waals surface area contributed by atoms with Gasteiger partial charge in [0.2, 0.25) is 0 Å². The summed E-state index contributed by atoms with van der Waals surface area (Å²) in [6.45, 7) is 5.96. The zero-order valence-corrected chi connectivity index (χ0v) is 9.61. The van der Waals surface area contributed by atoms with Crippen molar-refractivity contribution in [2.24, 2.45) is 0 Å². The summed E-state index contributed by atoms with van der Waals surface area (Å²) in [5.74, 6) is -0.738. The fraction of sp³-hybridized carbons (Fsp3) is 0.909. The summed E-state index contributed by atoms with van der Waals surface area (Å²) in [6.07, 6.45) is 3.33. The van der Waals surface area contributed by atoms with Crippen LogP contribution in [0.15, 0.2) is 0 Å². The third-order valence-electron chi connectivity index (χ3n) is 3.04. The maximum atomic E-state index is 10.9. The third-order valence-corrected chi connectivity index (χ3v) is 3.04. The quantitative estimate of drug-likeness (QED) is 0.752. The minimum atomic E-state index is -0.738. The van der Waals surface area contributed by atoms with Crippen LogP contribution in [0.2, 0.25) is 0 Å². The highest BCUT2D eigenvalue weighted by atomic mass is 16.5. The van der Waals surface area contributed by atoms with Gasteiger partial charge in [0.05, 0.1) is 6.61 Å². The molecule has 0 bridgehead atoms. The lowest BCUT2D eigenvalue weighted by Crippen LogP contribution is -2.50. The molecule has 88 valence electrons. The van der Waals surface area contributed by atoms with Gasteiger partial charge in [0.25, 0.3) is 0 Å². The predicted molar refractivity (Wildman–Crippen MR) is 57.9 cm³/mol. The van der Waals surface area contributed by atoms with Gasteiger partial charge < -0.3 is 9.84 Å². The normalized spacial score (nSPS) is 25.1. The number of nitrogens with zero attached hydrogens (tertiary/aromatic N) is 1. The fourth-order valence-corrected chi connectivity index (χ4v) is 2.11. The molecule has 2 unspecified atom stereocenters. The Morgan fingerprint density at radius 3 is 2.93 bits per heavy atom. The van der Waals surface area contributed by atoms with Crippen LogP contribution in [-0.2, 0) is 9.53 Å². The molecule has 0 aliphatic carbocycles. The maximum absolute atomic E-state index is 10.9. The van der Waals surface area contributed by atoms with Crippen molar-refractivity contribution in [3.8, 4) is 0 Å². The highest BCUT2D eigenvalue weighted by Gasteiger charge is 2.29. The molecule has 1 aliphatic rings. The number of piperidine rings is 1. The van der Waals surface area contributed by atoms with E-state index in [0.717, 1.165) is 19.4 Å². The number of hydrogen-bond acceptors (Lipinski definition) is 3. The molecule has 1 N–H and O–H groups in total. The monoisotopic (exact) mass is 215 g/mol. The Morgan fingerprint density at radius 2 is 2.33 bits per heavy atom. The molecule has 1 fully saturated rings. The molecule has 0 aromatic heterocycles. The van der Waals surface area contributed by atoms with Crippen molar-refractivity contribution in [2.45, 2.75) is 45.2 Å². The van der Waals surface area contributed by atoms with Gasteiger partial charge in [-0.1, -0.05) is 6.42 Å². The molecular formula is C11H21NO3. The number of carboxylic acid groups (broad SMARTS) is 1. The first-order chi connectivity index (χ1) is 7.16. The lowest BCUT2D eigenvalue weighted by molar-refractivity contribution is -0.144. The first-order valence-electron chi connectivity index (χ1n) is 5.73. The molecule has 0 saturated carbocycles. The van der Waals surface area contributed by atoms with Crippen LogP contribution in [0.5, 0.6) is 0 Å². The molecule has 0 spiro atoms. The molecule has 4 nitrogen and oxygen atoms in total. The minimum Gasteiger partial charge on any atom is -0.480 e. The standard InChI is InChI=1S/C11H21NO3/c1-3-15-8-10-6-4-5-7-12(10)9(2)11(13)14/h9-10H,3-8H2,1-2H3,(H,13,14). The lowest BCUT2D eigenvalue weighted by atomic mass is 10.0. The van der Waals surface area contributed by atoms with E-state index in [1.54, 1.807) is 6.92 Å². The zero-order valence-electron chi connectivity index (χ0n) is 9.61. The average Bonchev–Trinajstić information content (AvgIpc) is 2.25. The van der Waals surface area contributed by atoms with Crippen molar-refractivity contribution in [1.29, 1.82) is 0 Å². The van der Waals surface area contributed by atoms with E-state index in [1.165, 1.54) is 6.42 Å². The smallest absolute Gasteiger partial charge is 0.320 e. The summed E-state index contributed by atoms with van der Waals surface area (Å²) in [4.78, 5) is 13.0. The molecule has 2 atom stereocenters. The Hall–Kier alpha value is -0.610. The second-order valence-corrected chi connectivity index (χ2v) is 4.06. The summed E-state index contributed by atoms with van der Waals surface area (Å²) in [5, 5.41) is 8.99. The molecule has 15 heavy (non-hydrogen) atoms. The van der Waals surface area contributed by atoms with Gasteiger partial charge in [0.15, 0.2) is 0 Å². The third kappa shape index (κ3) is 3.47. The topological polar surface area (TPSA) is 49.8 Å². The molecule has 1 heterocycles.